The molecule has 0 saturated carbocycles. The van der Waals surface area contributed by atoms with Gasteiger partial charge in [0.2, 0.25) is 5.91 Å². The van der Waals surface area contributed by atoms with E-state index in [4.69, 9.17) is 16.6 Å². The van der Waals surface area contributed by atoms with Crippen molar-refractivity contribution >= 4 is 41.3 Å². The van der Waals surface area contributed by atoms with E-state index >= 15 is 0 Å². The second-order valence-corrected chi connectivity index (χ2v) is 7.13. The van der Waals surface area contributed by atoms with Gasteiger partial charge in [0, 0.05) is 21.9 Å². The molecule has 1 aromatic carbocycles. The summed E-state index contributed by atoms with van der Waals surface area (Å²) in [6.45, 7) is 4.87. The summed E-state index contributed by atoms with van der Waals surface area (Å²) in [5.41, 5.74) is 2.00. The van der Waals surface area contributed by atoms with Crippen LogP contribution in [0.4, 0.5) is 0 Å². The lowest BCUT2D eigenvalue weighted by Crippen LogP contribution is -2.27. The number of carbonyl (C=O) groups is 1. The Morgan fingerprint density at radius 3 is 2.62 bits per heavy atom. The highest BCUT2D eigenvalue weighted by Crippen LogP contribution is 2.31. The average molecular weight is 388 g/mol. The predicted octanol–water partition coefficient (Wildman–Crippen LogP) is 4.37. The van der Waals surface area contributed by atoms with E-state index in [-0.39, 0.29) is 24.4 Å². The van der Waals surface area contributed by atoms with E-state index in [2.05, 4.69) is 10.6 Å². The first-order valence-electron chi connectivity index (χ1n) is 7.68. The second-order valence-electron chi connectivity index (χ2n) is 5.46. The van der Waals surface area contributed by atoms with E-state index in [0.29, 0.717) is 11.4 Å². The van der Waals surface area contributed by atoms with E-state index in [0.717, 1.165) is 34.1 Å². The number of aromatic nitrogens is 1. The maximum atomic E-state index is 11.9. The first kappa shape index (κ1) is 20.9. The van der Waals surface area contributed by atoms with Crippen molar-refractivity contribution in [2.45, 2.75) is 32.7 Å². The van der Waals surface area contributed by atoms with Crippen molar-refractivity contribution in [1.29, 1.82) is 0 Å². The molecule has 2 aromatic rings. The maximum absolute atomic E-state index is 11.9. The van der Waals surface area contributed by atoms with E-state index in [1.165, 1.54) is 0 Å². The zero-order valence-corrected chi connectivity index (χ0v) is 16.4. The summed E-state index contributed by atoms with van der Waals surface area (Å²) in [7, 11) is 1.89. The van der Waals surface area contributed by atoms with Gasteiger partial charge < -0.3 is 10.6 Å². The summed E-state index contributed by atoms with van der Waals surface area (Å²) in [5, 5.41) is 7.70. The van der Waals surface area contributed by atoms with Crippen molar-refractivity contribution in [2.75, 3.05) is 13.6 Å². The number of benzene rings is 1. The Morgan fingerprint density at radius 1 is 1.33 bits per heavy atom. The molecule has 1 atom stereocenters. The minimum absolute atomic E-state index is 0. The molecule has 0 radical (unpaired) electrons. The normalized spacial score (nSPS) is 11.7. The molecule has 0 saturated heterocycles. The molecule has 0 spiro atoms. The predicted molar refractivity (Wildman–Crippen MR) is 104 cm³/mol. The van der Waals surface area contributed by atoms with Crippen molar-refractivity contribution in [2.24, 2.45) is 0 Å². The van der Waals surface area contributed by atoms with Crippen LogP contribution < -0.4 is 10.6 Å². The van der Waals surface area contributed by atoms with Crippen LogP contribution in [0.3, 0.4) is 0 Å². The van der Waals surface area contributed by atoms with Gasteiger partial charge in [0.05, 0.1) is 11.7 Å². The lowest BCUT2D eigenvalue weighted by Gasteiger charge is -2.11. The number of carbonyl (C=O) groups excluding carboxylic acids is 1. The molecular weight excluding hydrogens is 365 g/mol. The minimum Gasteiger partial charge on any atom is -0.347 e. The summed E-state index contributed by atoms with van der Waals surface area (Å²) < 4.78 is 0. The first-order valence-corrected chi connectivity index (χ1v) is 8.88. The summed E-state index contributed by atoms with van der Waals surface area (Å²) in [5.74, 6) is 0.0636. The van der Waals surface area contributed by atoms with Gasteiger partial charge in [-0.25, -0.2) is 4.98 Å². The summed E-state index contributed by atoms with van der Waals surface area (Å²) in [4.78, 5) is 17.8. The van der Waals surface area contributed by atoms with Gasteiger partial charge in [0.15, 0.2) is 0 Å². The number of thiazole rings is 1. The van der Waals surface area contributed by atoms with E-state index in [1.54, 1.807) is 11.3 Å². The highest BCUT2D eigenvalue weighted by molar-refractivity contribution is 7.12. The summed E-state index contributed by atoms with van der Waals surface area (Å²) in [6, 6.07) is 7.58. The zero-order chi connectivity index (χ0) is 16.8. The third kappa shape index (κ3) is 5.74. The van der Waals surface area contributed by atoms with Gasteiger partial charge >= 0.3 is 0 Å². The summed E-state index contributed by atoms with van der Waals surface area (Å²) in [6.07, 6.45) is 1.36. The van der Waals surface area contributed by atoms with Crippen molar-refractivity contribution in [3.8, 4) is 11.3 Å². The lowest BCUT2D eigenvalue weighted by atomic mass is 10.1. The Hall–Kier alpha value is -1.14. The van der Waals surface area contributed by atoms with Crippen LogP contribution in [-0.4, -0.2) is 24.5 Å². The molecule has 1 aromatic heterocycles. The van der Waals surface area contributed by atoms with E-state index < -0.39 is 0 Å². The van der Waals surface area contributed by atoms with Crippen molar-refractivity contribution in [3.63, 3.8) is 0 Å². The number of aryl methyl sites for hydroxylation is 1. The fraction of sp³-hybridized carbons (Fsp3) is 0.412. The first-order chi connectivity index (χ1) is 11.0. The molecular formula is C17H23Cl2N3OS. The average Bonchev–Trinajstić information content (AvgIpc) is 2.90. The molecule has 0 fully saturated rings. The van der Waals surface area contributed by atoms with Gasteiger partial charge in [-0.1, -0.05) is 23.7 Å². The smallest absolute Gasteiger partial charge is 0.220 e. The number of halogens is 2. The topological polar surface area (TPSA) is 54.0 Å². The third-order valence-electron chi connectivity index (χ3n) is 3.51. The van der Waals surface area contributed by atoms with Crippen molar-refractivity contribution < 1.29 is 4.79 Å². The van der Waals surface area contributed by atoms with Gasteiger partial charge in [0.25, 0.3) is 0 Å². The van der Waals surface area contributed by atoms with Gasteiger partial charge in [-0.05, 0) is 46.0 Å². The van der Waals surface area contributed by atoms with Crippen molar-refractivity contribution in [1.82, 2.24) is 15.6 Å². The Bertz CT molecular complexity index is 658. The van der Waals surface area contributed by atoms with Gasteiger partial charge in [-0.15, -0.1) is 23.7 Å². The van der Waals surface area contributed by atoms with Crippen LogP contribution in [0, 0.1) is 6.92 Å². The fourth-order valence-electron chi connectivity index (χ4n) is 2.28. The Kier molecular flexibility index (Phi) is 8.70. The van der Waals surface area contributed by atoms with Crippen LogP contribution in [0.1, 0.15) is 35.7 Å². The molecule has 1 amide bonds. The highest BCUT2D eigenvalue weighted by atomic mass is 35.5. The monoisotopic (exact) mass is 387 g/mol. The molecule has 1 heterocycles. The Balaban J connectivity index is 0.00000288. The largest absolute Gasteiger partial charge is 0.347 e. The van der Waals surface area contributed by atoms with E-state index in [1.807, 2.05) is 45.2 Å². The lowest BCUT2D eigenvalue weighted by molar-refractivity contribution is -0.121. The SMILES string of the molecule is CNCCCC(=O)NC(C)c1nc(-c2ccc(Cl)cc2)c(C)s1.Cl. The molecule has 0 aliphatic heterocycles. The van der Waals surface area contributed by atoms with Crippen LogP contribution in [0.2, 0.25) is 5.02 Å². The Morgan fingerprint density at radius 2 is 2.00 bits per heavy atom. The van der Waals surface area contributed by atoms with Crippen LogP contribution >= 0.6 is 35.3 Å². The van der Waals surface area contributed by atoms with Crippen LogP contribution in [0.15, 0.2) is 24.3 Å². The molecule has 0 bridgehead atoms. The molecule has 2 N–H and O–H groups in total. The molecule has 24 heavy (non-hydrogen) atoms. The van der Waals surface area contributed by atoms with Gasteiger partial charge in [-0.3, -0.25) is 4.79 Å². The molecule has 0 aliphatic rings. The maximum Gasteiger partial charge on any atom is 0.220 e. The summed E-state index contributed by atoms with van der Waals surface area (Å²) >= 11 is 7.55. The third-order valence-corrected chi connectivity index (χ3v) is 4.91. The molecule has 0 aliphatic carbocycles. The fourth-order valence-corrected chi connectivity index (χ4v) is 3.35. The van der Waals surface area contributed by atoms with Crippen LogP contribution in [-0.2, 0) is 4.79 Å². The quantitative estimate of drug-likeness (QED) is 0.693. The van der Waals surface area contributed by atoms with Crippen LogP contribution in [0.5, 0.6) is 0 Å². The molecule has 132 valence electrons. The van der Waals surface area contributed by atoms with Crippen LogP contribution in [0.25, 0.3) is 11.3 Å². The molecule has 7 heteroatoms. The number of nitrogens with zero attached hydrogens (tertiary/aromatic N) is 1. The number of hydrogen-bond acceptors (Lipinski definition) is 4. The number of hydrogen-bond donors (Lipinski definition) is 2. The highest BCUT2D eigenvalue weighted by Gasteiger charge is 2.16. The molecule has 1 unspecified atom stereocenters. The number of nitrogens with one attached hydrogen (secondary N) is 2. The van der Waals surface area contributed by atoms with Gasteiger partial charge in [0.1, 0.15) is 5.01 Å². The number of amides is 1. The number of rotatable bonds is 7. The zero-order valence-electron chi connectivity index (χ0n) is 14.1. The van der Waals surface area contributed by atoms with Gasteiger partial charge in [-0.2, -0.15) is 0 Å². The second kappa shape index (κ2) is 9.99. The molecule has 4 nitrogen and oxygen atoms in total. The standard InChI is InChI=1S/C17H22ClN3OS.ClH/c1-11(20-15(22)5-4-10-19-3)17-21-16(12(2)23-17)13-6-8-14(18)9-7-13;/h6-9,11,19H,4-5,10H2,1-3H3,(H,20,22);1H. The molecule has 2 rings (SSSR count). The van der Waals surface area contributed by atoms with Crippen molar-refractivity contribution in [3.05, 3.63) is 39.2 Å². The van der Waals surface area contributed by atoms with E-state index in [9.17, 15) is 4.79 Å². The Labute approximate surface area is 158 Å². The minimum atomic E-state index is -0.0816.